The number of hydrogen-bond donors (Lipinski definition) is 1. The molecule has 1 aromatic heterocycles. The second kappa shape index (κ2) is 9.30. The molecule has 0 aliphatic rings. The van der Waals surface area contributed by atoms with Gasteiger partial charge >= 0.3 is 5.97 Å². The van der Waals surface area contributed by atoms with Gasteiger partial charge in [-0.1, -0.05) is 12.1 Å². The number of ether oxygens (including phenoxy) is 3. The molecule has 0 bridgehead atoms. The summed E-state index contributed by atoms with van der Waals surface area (Å²) in [4.78, 5) is 25.1. The van der Waals surface area contributed by atoms with Crippen molar-refractivity contribution in [1.29, 1.82) is 5.26 Å². The number of carbonyl (C=O) groups excluding carboxylic acids is 2. The molecule has 3 rings (SSSR count). The number of furan rings is 1. The predicted molar refractivity (Wildman–Crippen MR) is 106 cm³/mol. The first-order valence-electron chi connectivity index (χ1n) is 8.82. The first kappa shape index (κ1) is 20.5. The molecular formula is C22H18N2O6. The average Bonchev–Trinajstić information content (AvgIpc) is 3.32. The van der Waals surface area contributed by atoms with E-state index in [1.807, 2.05) is 6.07 Å². The Balaban J connectivity index is 1.85. The third-order valence-electron chi connectivity index (χ3n) is 4.19. The standard InChI is InChI=1S/C22H18N2O6/c1-27-19-10-16(22(26)30-13-15-7-5-14(12-23)6-8-15)17(11-20(19)28-2)24-21(25)18-4-3-9-29-18/h3-11H,13H2,1-2H3,(H,24,25). The zero-order chi connectivity index (χ0) is 21.5. The number of nitriles is 1. The molecule has 0 spiro atoms. The van der Waals surface area contributed by atoms with Crippen LogP contribution in [0.15, 0.2) is 59.2 Å². The quantitative estimate of drug-likeness (QED) is 0.595. The van der Waals surface area contributed by atoms with E-state index in [0.717, 1.165) is 0 Å². The molecule has 2 aromatic carbocycles. The lowest BCUT2D eigenvalue weighted by Crippen LogP contribution is -2.16. The Labute approximate surface area is 172 Å². The maximum Gasteiger partial charge on any atom is 0.340 e. The molecule has 0 fully saturated rings. The van der Waals surface area contributed by atoms with Crippen molar-refractivity contribution in [3.8, 4) is 17.6 Å². The fourth-order valence-corrected chi connectivity index (χ4v) is 2.65. The van der Waals surface area contributed by atoms with Crippen LogP contribution in [0.2, 0.25) is 0 Å². The largest absolute Gasteiger partial charge is 0.493 e. The lowest BCUT2D eigenvalue weighted by molar-refractivity contribution is 0.0473. The van der Waals surface area contributed by atoms with Crippen molar-refractivity contribution in [2.45, 2.75) is 6.61 Å². The molecule has 3 aromatic rings. The molecule has 30 heavy (non-hydrogen) atoms. The molecule has 8 heteroatoms. The minimum absolute atomic E-state index is 0.00947. The van der Waals surface area contributed by atoms with Crippen LogP contribution in [0.5, 0.6) is 11.5 Å². The van der Waals surface area contributed by atoms with E-state index in [1.54, 1.807) is 30.3 Å². The molecule has 0 aliphatic carbocycles. The summed E-state index contributed by atoms with van der Waals surface area (Å²) in [6, 6.07) is 14.7. The van der Waals surface area contributed by atoms with Gasteiger partial charge in [0.15, 0.2) is 17.3 Å². The van der Waals surface area contributed by atoms with E-state index in [0.29, 0.717) is 22.6 Å². The van der Waals surface area contributed by atoms with E-state index in [9.17, 15) is 9.59 Å². The lowest BCUT2D eigenvalue weighted by Gasteiger charge is -2.15. The molecule has 1 N–H and O–H groups in total. The van der Waals surface area contributed by atoms with Crippen LogP contribution in [-0.4, -0.2) is 26.1 Å². The van der Waals surface area contributed by atoms with E-state index in [2.05, 4.69) is 5.32 Å². The molecule has 152 valence electrons. The highest BCUT2D eigenvalue weighted by atomic mass is 16.5. The van der Waals surface area contributed by atoms with Crippen LogP contribution < -0.4 is 14.8 Å². The Morgan fingerprint density at radius 1 is 1.07 bits per heavy atom. The van der Waals surface area contributed by atoms with Gasteiger partial charge in [-0.15, -0.1) is 0 Å². The fraction of sp³-hybridized carbons (Fsp3) is 0.136. The van der Waals surface area contributed by atoms with E-state index in [-0.39, 0.29) is 23.6 Å². The van der Waals surface area contributed by atoms with Gasteiger partial charge in [0.1, 0.15) is 6.61 Å². The topological polar surface area (TPSA) is 111 Å². The van der Waals surface area contributed by atoms with Gasteiger partial charge in [0.05, 0.1) is 43.4 Å². The number of anilines is 1. The van der Waals surface area contributed by atoms with Gasteiger partial charge in [-0.25, -0.2) is 4.79 Å². The third-order valence-corrected chi connectivity index (χ3v) is 4.19. The highest BCUT2D eigenvalue weighted by Gasteiger charge is 2.21. The Morgan fingerprint density at radius 3 is 2.37 bits per heavy atom. The van der Waals surface area contributed by atoms with Crippen LogP contribution >= 0.6 is 0 Å². The van der Waals surface area contributed by atoms with Gasteiger partial charge in [-0.2, -0.15) is 5.26 Å². The fourth-order valence-electron chi connectivity index (χ4n) is 2.65. The van der Waals surface area contributed by atoms with Crippen molar-refractivity contribution in [3.63, 3.8) is 0 Å². The Kier molecular flexibility index (Phi) is 6.35. The summed E-state index contributed by atoms with van der Waals surface area (Å²) in [5.74, 6) is -0.486. The average molecular weight is 406 g/mol. The summed E-state index contributed by atoms with van der Waals surface area (Å²) >= 11 is 0. The van der Waals surface area contributed by atoms with Gasteiger partial charge in [0.2, 0.25) is 0 Å². The maximum absolute atomic E-state index is 12.8. The number of amides is 1. The first-order chi connectivity index (χ1) is 14.5. The van der Waals surface area contributed by atoms with Crippen molar-refractivity contribution in [2.24, 2.45) is 0 Å². The smallest absolute Gasteiger partial charge is 0.340 e. The van der Waals surface area contributed by atoms with Gasteiger partial charge in [0.25, 0.3) is 5.91 Å². The van der Waals surface area contributed by atoms with Crippen molar-refractivity contribution in [1.82, 2.24) is 0 Å². The second-order valence-corrected chi connectivity index (χ2v) is 6.07. The molecule has 1 heterocycles. The van der Waals surface area contributed by atoms with Crippen molar-refractivity contribution >= 4 is 17.6 Å². The molecule has 0 unspecified atom stereocenters. The minimum Gasteiger partial charge on any atom is -0.493 e. The molecule has 0 saturated carbocycles. The maximum atomic E-state index is 12.8. The van der Waals surface area contributed by atoms with E-state index < -0.39 is 11.9 Å². The van der Waals surface area contributed by atoms with Gasteiger partial charge in [-0.05, 0) is 29.8 Å². The number of hydrogen-bond acceptors (Lipinski definition) is 7. The highest BCUT2D eigenvalue weighted by molar-refractivity contribution is 6.07. The van der Waals surface area contributed by atoms with E-state index in [4.69, 9.17) is 23.9 Å². The van der Waals surface area contributed by atoms with Crippen molar-refractivity contribution in [2.75, 3.05) is 19.5 Å². The number of carbonyl (C=O) groups is 2. The van der Waals surface area contributed by atoms with Gasteiger partial charge in [-0.3, -0.25) is 4.79 Å². The predicted octanol–water partition coefficient (Wildman–Crippen LogP) is 3.78. The van der Waals surface area contributed by atoms with E-state index in [1.165, 1.54) is 38.7 Å². The molecule has 0 aliphatic heterocycles. The summed E-state index contributed by atoms with van der Waals surface area (Å²) in [7, 11) is 2.88. The molecule has 0 saturated heterocycles. The Morgan fingerprint density at radius 2 is 1.77 bits per heavy atom. The Bertz CT molecular complexity index is 1080. The number of rotatable bonds is 7. The van der Waals surface area contributed by atoms with Crippen LogP contribution in [0.3, 0.4) is 0 Å². The number of nitrogens with one attached hydrogen (secondary N) is 1. The second-order valence-electron chi connectivity index (χ2n) is 6.07. The first-order valence-corrected chi connectivity index (χ1v) is 8.82. The van der Waals surface area contributed by atoms with E-state index >= 15 is 0 Å². The summed E-state index contributed by atoms with van der Waals surface area (Å²) in [6.45, 7) is -0.00947. The molecular weight excluding hydrogens is 388 g/mol. The number of nitrogens with zero attached hydrogens (tertiary/aromatic N) is 1. The monoisotopic (exact) mass is 406 g/mol. The minimum atomic E-state index is -0.671. The van der Waals surface area contributed by atoms with Crippen molar-refractivity contribution < 1.29 is 28.2 Å². The van der Waals surface area contributed by atoms with Gasteiger partial charge < -0.3 is 23.9 Å². The summed E-state index contributed by atoms with van der Waals surface area (Å²) in [6.07, 6.45) is 1.37. The third kappa shape index (κ3) is 4.59. The number of methoxy groups -OCH3 is 2. The summed E-state index contributed by atoms with van der Waals surface area (Å²) in [5, 5.41) is 11.5. The molecule has 1 amide bonds. The zero-order valence-electron chi connectivity index (χ0n) is 16.3. The normalized spacial score (nSPS) is 10.0. The molecule has 0 atom stereocenters. The van der Waals surface area contributed by atoms with Crippen LogP contribution in [0, 0.1) is 11.3 Å². The van der Waals surface area contributed by atoms with Gasteiger partial charge in [0, 0.05) is 12.1 Å². The lowest BCUT2D eigenvalue weighted by atomic mass is 10.1. The zero-order valence-corrected chi connectivity index (χ0v) is 16.3. The van der Waals surface area contributed by atoms with Crippen LogP contribution in [-0.2, 0) is 11.3 Å². The van der Waals surface area contributed by atoms with Crippen LogP contribution in [0.25, 0.3) is 0 Å². The van der Waals surface area contributed by atoms with Crippen molar-refractivity contribution in [3.05, 3.63) is 77.2 Å². The van der Waals surface area contributed by atoms with Crippen LogP contribution in [0.4, 0.5) is 5.69 Å². The summed E-state index contributed by atoms with van der Waals surface area (Å²) in [5.41, 5.74) is 1.48. The number of esters is 1. The number of benzene rings is 2. The molecule has 8 nitrogen and oxygen atoms in total. The Hall–Kier alpha value is -4.25. The SMILES string of the molecule is COc1cc(NC(=O)c2ccco2)c(C(=O)OCc2ccc(C#N)cc2)cc1OC. The molecule has 0 radical (unpaired) electrons. The highest BCUT2D eigenvalue weighted by Crippen LogP contribution is 2.34. The summed E-state index contributed by atoms with van der Waals surface area (Å²) < 4.78 is 21.0. The van der Waals surface area contributed by atoms with Crippen LogP contribution in [0.1, 0.15) is 32.0 Å².